The van der Waals surface area contributed by atoms with Gasteiger partial charge in [0.05, 0.1) is 0 Å². The molecule has 0 radical (unpaired) electrons. The molecule has 0 unspecified atom stereocenters. The van der Waals surface area contributed by atoms with E-state index in [4.69, 9.17) is 0 Å². The van der Waals surface area contributed by atoms with Gasteiger partial charge in [0.2, 0.25) is 5.13 Å². The molecule has 0 atom stereocenters. The van der Waals surface area contributed by atoms with E-state index in [1.54, 1.807) is 0 Å². The van der Waals surface area contributed by atoms with Crippen molar-refractivity contribution in [3.63, 3.8) is 0 Å². The Balaban J connectivity index is 2.02. The first-order valence-corrected chi connectivity index (χ1v) is 5.94. The molecule has 1 N–H and O–H groups in total. The van der Waals surface area contributed by atoms with Crippen LogP contribution in [0, 0.1) is 0 Å². The average Bonchev–Trinajstić information content (AvgIpc) is 2.28. The van der Waals surface area contributed by atoms with Gasteiger partial charge < -0.3 is 5.32 Å². The van der Waals surface area contributed by atoms with Crippen LogP contribution in [-0.4, -0.2) is 14.9 Å². The summed E-state index contributed by atoms with van der Waals surface area (Å²) in [5, 5.41) is 4.31. The number of rotatable bonds is 2. The molecule has 1 saturated carbocycles. The lowest BCUT2D eigenvalue weighted by Crippen LogP contribution is -2.26. The summed E-state index contributed by atoms with van der Waals surface area (Å²) in [6, 6.07) is 0. The molecule has 0 amide bonds. The molecule has 0 bridgehead atoms. The number of hydrogen-bond donors (Lipinski definition) is 1. The van der Waals surface area contributed by atoms with E-state index in [9.17, 15) is 0 Å². The van der Waals surface area contributed by atoms with Crippen molar-refractivity contribution in [2.75, 3.05) is 5.32 Å². The van der Waals surface area contributed by atoms with Gasteiger partial charge in [-0.05, 0) is 33.6 Å². The standard InChI is InChI=1S/C10H17N3S/c1-10(2,3)12-9-11-8(13-14-9)7-5-4-6-7/h7H,4-6H2,1-3H3,(H,11,12,13). The molecule has 1 aromatic rings. The predicted molar refractivity (Wildman–Crippen MR) is 59.9 cm³/mol. The Bertz CT molecular complexity index is 309. The van der Waals surface area contributed by atoms with E-state index in [-0.39, 0.29) is 5.54 Å². The summed E-state index contributed by atoms with van der Waals surface area (Å²) < 4.78 is 4.39. The first-order valence-electron chi connectivity index (χ1n) is 5.16. The van der Waals surface area contributed by atoms with Crippen molar-refractivity contribution in [1.29, 1.82) is 0 Å². The summed E-state index contributed by atoms with van der Waals surface area (Å²) in [6.07, 6.45) is 3.88. The highest BCUT2D eigenvalue weighted by atomic mass is 32.1. The molecule has 0 saturated heterocycles. The lowest BCUT2D eigenvalue weighted by atomic mass is 9.85. The van der Waals surface area contributed by atoms with Gasteiger partial charge in [-0.3, -0.25) is 0 Å². The van der Waals surface area contributed by atoms with Crippen LogP contribution in [0.1, 0.15) is 51.8 Å². The number of anilines is 1. The Hall–Kier alpha value is -0.640. The van der Waals surface area contributed by atoms with Crippen LogP contribution >= 0.6 is 11.5 Å². The number of aromatic nitrogens is 2. The van der Waals surface area contributed by atoms with Gasteiger partial charge in [0, 0.05) is 23.0 Å². The minimum absolute atomic E-state index is 0.0798. The molecule has 1 aliphatic rings. The highest BCUT2D eigenvalue weighted by Gasteiger charge is 2.24. The zero-order valence-electron chi connectivity index (χ0n) is 9.00. The van der Waals surface area contributed by atoms with Gasteiger partial charge >= 0.3 is 0 Å². The van der Waals surface area contributed by atoms with Gasteiger partial charge in [-0.2, -0.15) is 4.37 Å². The maximum absolute atomic E-state index is 4.51. The fourth-order valence-corrected chi connectivity index (χ4v) is 2.29. The third-order valence-corrected chi connectivity index (χ3v) is 3.04. The van der Waals surface area contributed by atoms with Gasteiger partial charge in [-0.25, -0.2) is 4.98 Å². The van der Waals surface area contributed by atoms with E-state index in [2.05, 4.69) is 35.4 Å². The molecule has 14 heavy (non-hydrogen) atoms. The van der Waals surface area contributed by atoms with Gasteiger partial charge in [0.15, 0.2) is 0 Å². The highest BCUT2D eigenvalue weighted by molar-refractivity contribution is 7.09. The Labute approximate surface area is 89.1 Å². The molecule has 1 aromatic heterocycles. The summed E-state index contributed by atoms with van der Waals surface area (Å²) in [5.74, 6) is 1.69. The summed E-state index contributed by atoms with van der Waals surface area (Å²) in [4.78, 5) is 4.51. The number of nitrogens with zero attached hydrogens (tertiary/aromatic N) is 2. The van der Waals surface area contributed by atoms with Crippen LogP contribution < -0.4 is 5.32 Å². The fraction of sp³-hybridized carbons (Fsp3) is 0.800. The van der Waals surface area contributed by atoms with Crippen molar-refractivity contribution >= 4 is 16.7 Å². The zero-order chi connectivity index (χ0) is 10.2. The van der Waals surface area contributed by atoms with Crippen molar-refractivity contribution in [2.45, 2.75) is 51.5 Å². The molecular formula is C10H17N3S. The zero-order valence-corrected chi connectivity index (χ0v) is 9.82. The monoisotopic (exact) mass is 211 g/mol. The predicted octanol–water partition coefficient (Wildman–Crippen LogP) is 3.02. The molecule has 78 valence electrons. The lowest BCUT2D eigenvalue weighted by Gasteiger charge is -2.22. The van der Waals surface area contributed by atoms with Crippen molar-refractivity contribution in [3.05, 3.63) is 5.82 Å². The molecule has 1 aliphatic carbocycles. The molecule has 3 nitrogen and oxygen atoms in total. The fourth-order valence-electron chi connectivity index (χ4n) is 1.44. The third-order valence-electron chi connectivity index (χ3n) is 2.39. The van der Waals surface area contributed by atoms with Crippen LogP contribution in [0.4, 0.5) is 5.13 Å². The van der Waals surface area contributed by atoms with Crippen LogP contribution in [-0.2, 0) is 0 Å². The molecule has 0 aliphatic heterocycles. The third kappa shape index (κ3) is 2.23. The summed E-state index contributed by atoms with van der Waals surface area (Å²) in [7, 11) is 0. The Morgan fingerprint density at radius 2 is 2.07 bits per heavy atom. The van der Waals surface area contributed by atoms with E-state index in [0.29, 0.717) is 5.92 Å². The molecule has 0 aromatic carbocycles. The second-order valence-electron chi connectivity index (χ2n) is 4.96. The topological polar surface area (TPSA) is 37.8 Å². The van der Waals surface area contributed by atoms with Gasteiger partial charge in [-0.15, -0.1) is 0 Å². The quantitative estimate of drug-likeness (QED) is 0.817. The maximum atomic E-state index is 4.51. The molecular weight excluding hydrogens is 194 g/mol. The minimum Gasteiger partial charge on any atom is -0.356 e. The number of hydrogen-bond acceptors (Lipinski definition) is 4. The lowest BCUT2D eigenvalue weighted by molar-refractivity contribution is 0.405. The van der Waals surface area contributed by atoms with Crippen LogP contribution in [0.2, 0.25) is 0 Å². The van der Waals surface area contributed by atoms with E-state index in [0.717, 1.165) is 11.0 Å². The highest BCUT2D eigenvalue weighted by Crippen LogP contribution is 2.35. The van der Waals surface area contributed by atoms with Gasteiger partial charge in [-0.1, -0.05) is 6.42 Å². The van der Waals surface area contributed by atoms with Crippen molar-refractivity contribution in [2.24, 2.45) is 0 Å². The summed E-state index contributed by atoms with van der Waals surface area (Å²) >= 11 is 1.48. The van der Waals surface area contributed by atoms with Gasteiger partial charge in [0.25, 0.3) is 0 Å². The second kappa shape index (κ2) is 3.50. The van der Waals surface area contributed by atoms with E-state index >= 15 is 0 Å². The SMILES string of the molecule is CC(C)(C)Nc1nc(C2CCC2)ns1. The van der Waals surface area contributed by atoms with Crippen LogP contribution in [0.3, 0.4) is 0 Å². The van der Waals surface area contributed by atoms with Crippen molar-refractivity contribution in [1.82, 2.24) is 9.36 Å². The van der Waals surface area contributed by atoms with E-state index in [1.165, 1.54) is 30.8 Å². The Morgan fingerprint density at radius 1 is 1.36 bits per heavy atom. The van der Waals surface area contributed by atoms with Crippen LogP contribution in [0.15, 0.2) is 0 Å². The van der Waals surface area contributed by atoms with Crippen LogP contribution in [0.5, 0.6) is 0 Å². The normalized spacial score (nSPS) is 17.9. The smallest absolute Gasteiger partial charge is 0.202 e. The number of nitrogens with one attached hydrogen (secondary N) is 1. The summed E-state index contributed by atoms with van der Waals surface area (Å²) in [6.45, 7) is 6.41. The Kier molecular flexibility index (Phi) is 2.47. The van der Waals surface area contributed by atoms with Crippen LogP contribution in [0.25, 0.3) is 0 Å². The average molecular weight is 211 g/mol. The largest absolute Gasteiger partial charge is 0.356 e. The Morgan fingerprint density at radius 3 is 2.57 bits per heavy atom. The second-order valence-corrected chi connectivity index (χ2v) is 5.71. The summed E-state index contributed by atoms with van der Waals surface area (Å²) in [5.41, 5.74) is 0.0798. The van der Waals surface area contributed by atoms with E-state index < -0.39 is 0 Å². The first-order chi connectivity index (χ1) is 6.54. The molecule has 1 heterocycles. The maximum Gasteiger partial charge on any atom is 0.202 e. The molecule has 4 heteroatoms. The van der Waals surface area contributed by atoms with Gasteiger partial charge in [0.1, 0.15) is 5.82 Å². The van der Waals surface area contributed by atoms with E-state index in [1.807, 2.05) is 0 Å². The minimum atomic E-state index is 0.0798. The molecule has 1 fully saturated rings. The van der Waals surface area contributed by atoms with Crippen molar-refractivity contribution in [3.8, 4) is 0 Å². The molecule has 2 rings (SSSR count). The first kappa shape index (κ1) is 9.90. The molecule has 0 spiro atoms. The van der Waals surface area contributed by atoms with Crippen molar-refractivity contribution < 1.29 is 0 Å².